The SMILES string of the molecule is CCC/C=C/C(=O)Nc1c2sscc-2n(C)c1=O. The predicted octanol–water partition coefficient (Wildman–Crippen LogP) is 2.91. The van der Waals surface area contributed by atoms with Gasteiger partial charge >= 0.3 is 0 Å². The second kappa shape index (κ2) is 5.49. The minimum Gasteiger partial charge on any atom is -0.317 e. The highest BCUT2D eigenvalue weighted by molar-refractivity contribution is 7.70. The summed E-state index contributed by atoms with van der Waals surface area (Å²) in [5.41, 5.74) is 1.12. The zero-order chi connectivity index (χ0) is 13.1. The van der Waals surface area contributed by atoms with Crippen molar-refractivity contribution in [2.75, 3.05) is 5.32 Å². The number of nitrogens with zero attached hydrogens (tertiary/aromatic N) is 1. The Balaban J connectivity index is 2.22. The van der Waals surface area contributed by atoms with Crippen LogP contribution in [0, 0.1) is 0 Å². The lowest BCUT2D eigenvalue weighted by atomic mass is 10.3. The summed E-state index contributed by atoms with van der Waals surface area (Å²) < 4.78 is 1.56. The van der Waals surface area contributed by atoms with Crippen LogP contribution in [-0.4, -0.2) is 10.5 Å². The van der Waals surface area contributed by atoms with E-state index in [-0.39, 0.29) is 11.5 Å². The van der Waals surface area contributed by atoms with Gasteiger partial charge in [0.25, 0.3) is 5.56 Å². The number of fused-ring (bicyclic) bond motifs is 1. The lowest BCUT2D eigenvalue weighted by molar-refractivity contribution is -0.111. The van der Waals surface area contributed by atoms with Crippen LogP contribution in [0.4, 0.5) is 5.69 Å². The van der Waals surface area contributed by atoms with Gasteiger partial charge in [-0.05, 0) is 12.5 Å². The van der Waals surface area contributed by atoms with Crippen molar-refractivity contribution in [2.24, 2.45) is 7.05 Å². The Hall–Kier alpha value is -1.40. The maximum absolute atomic E-state index is 12.0. The van der Waals surface area contributed by atoms with E-state index in [9.17, 15) is 9.59 Å². The number of anilines is 1. The monoisotopic (exact) mass is 282 g/mol. The Morgan fingerprint density at radius 2 is 2.33 bits per heavy atom. The third-order valence-corrected chi connectivity index (χ3v) is 4.68. The summed E-state index contributed by atoms with van der Waals surface area (Å²) in [4.78, 5) is 24.5. The molecule has 0 atom stereocenters. The van der Waals surface area contributed by atoms with Gasteiger partial charge < -0.3 is 9.88 Å². The molecule has 96 valence electrons. The topological polar surface area (TPSA) is 51.1 Å². The molecule has 1 amide bonds. The lowest BCUT2D eigenvalue weighted by Crippen LogP contribution is -2.18. The van der Waals surface area contributed by atoms with Crippen molar-refractivity contribution >= 4 is 32.3 Å². The normalized spacial score (nSPS) is 11.4. The minimum atomic E-state index is -0.244. The first-order valence-corrected chi connectivity index (χ1v) is 7.90. The van der Waals surface area contributed by atoms with E-state index in [1.807, 2.05) is 18.4 Å². The maximum atomic E-state index is 12.0. The van der Waals surface area contributed by atoms with Crippen molar-refractivity contribution in [3.05, 3.63) is 27.9 Å². The maximum Gasteiger partial charge on any atom is 0.276 e. The number of unbranched alkanes of at least 4 members (excludes halogenated alkanes) is 1. The summed E-state index contributed by atoms with van der Waals surface area (Å²) in [6, 6.07) is 0. The zero-order valence-corrected chi connectivity index (χ0v) is 11.9. The van der Waals surface area contributed by atoms with Crippen molar-refractivity contribution in [1.29, 1.82) is 0 Å². The molecule has 2 heterocycles. The summed E-state index contributed by atoms with van der Waals surface area (Å²) in [7, 11) is 4.77. The summed E-state index contributed by atoms with van der Waals surface area (Å²) in [5, 5.41) is 4.60. The van der Waals surface area contributed by atoms with Crippen molar-refractivity contribution in [3.63, 3.8) is 0 Å². The molecule has 0 aromatic carbocycles. The summed E-state index contributed by atoms with van der Waals surface area (Å²) in [6.45, 7) is 2.05. The van der Waals surface area contributed by atoms with E-state index in [4.69, 9.17) is 0 Å². The average Bonchev–Trinajstić information content (AvgIpc) is 2.90. The largest absolute Gasteiger partial charge is 0.317 e. The third kappa shape index (κ3) is 2.39. The molecular formula is C12H14N2O2S2. The summed E-state index contributed by atoms with van der Waals surface area (Å²) in [6.07, 6.45) is 5.16. The molecule has 18 heavy (non-hydrogen) atoms. The molecule has 0 aliphatic carbocycles. The molecule has 0 saturated heterocycles. The van der Waals surface area contributed by atoms with E-state index in [0.29, 0.717) is 5.69 Å². The van der Waals surface area contributed by atoms with Gasteiger partial charge in [0.2, 0.25) is 5.91 Å². The van der Waals surface area contributed by atoms with Gasteiger partial charge in [-0.1, -0.05) is 40.1 Å². The molecule has 0 spiro atoms. The molecule has 1 N–H and O–H groups in total. The van der Waals surface area contributed by atoms with Gasteiger partial charge in [-0.25, -0.2) is 0 Å². The third-order valence-electron chi connectivity index (χ3n) is 2.60. The first-order valence-electron chi connectivity index (χ1n) is 5.69. The quantitative estimate of drug-likeness (QED) is 0.692. The predicted molar refractivity (Wildman–Crippen MR) is 76.7 cm³/mol. The molecule has 0 aromatic rings. The number of carbonyl (C=O) groups excluding carboxylic acids is 1. The molecule has 0 unspecified atom stereocenters. The second-order valence-corrected chi connectivity index (χ2v) is 6.01. The van der Waals surface area contributed by atoms with E-state index < -0.39 is 0 Å². The molecule has 0 bridgehead atoms. The number of rotatable bonds is 4. The molecule has 6 heteroatoms. The number of aromatic nitrogens is 1. The molecule has 2 aliphatic heterocycles. The van der Waals surface area contributed by atoms with Crippen LogP contribution < -0.4 is 10.9 Å². The number of amides is 1. The Kier molecular flexibility index (Phi) is 3.98. The van der Waals surface area contributed by atoms with Crippen molar-refractivity contribution in [1.82, 2.24) is 4.57 Å². The van der Waals surface area contributed by atoms with Crippen LogP contribution in [0.1, 0.15) is 19.8 Å². The van der Waals surface area contributed by atoms with Crippen molar-refractivity contribution < 1.29 is 4.79 Å². The number of allylic oxidation sites excluding steroid dienone is 1. The molecule has 0 aromatic heterocycles. The van der Waals surface area contributed by atoms with Gasteiger partial charge in [0.15, 0.2) is 0 Å². The van der Waals surface area contributed by atoms with Gasteiger partial charge in [0, 0.05) is 12.4 Å². The van der Waals surface area contributed by atoms with Crippen LogP contribution in [0.3, 0.4) is 0 Å². The smallest absolute Gasteiger partial charge is 0.276 e. The first kappa shape index (κ1) is 13.0. The summed E-state index contributed by atoms with van der Waals surface area (Å²) >= 11 is 0. The first-order chi connectivity index (χ1) is 8.65. The van der Waals surface area contributed by atoms with E-state index in [1.54, 1.807) is 22.0 Å². The van der Waals surface area contributed by atoms with E-state index in [0.717, 1.165) is 23.4 Å². The Bertz CT molecular complexity index is 606. The summed E-state index contributed by atoms with van der Waals surface area (Å²) in [5.74, 6) is -0.244. The van der Waals surface area contributed by atoms with Gasteiger partial charge in [-0.2, -0.15) is 0 Å². The molecule has 2 rings (SSSR count). The number of nitrogens with one attached hydrogen (secondary N) is 1. The van der Waals surface area contributed by atoms with Crippen LogP contribution in [-0.2, 0) is 11.8 Å². The minimum absolute atomic E-state index is 0.152. The Labute approximate surface area is 112 Å². The fourth-order valence-corrected chi connectivity index (χ4v) is 3.92. The van der Waals surface area contributed by atoms with Gasteiger partial charge in [-0.15, -0.1) is 0 Å². The van der Waals surface area contributed by atoms with Crippen LogP contribution >= 0.6 is 20.7 Å². The van der Waals surface area contributed by atoms with Crippen LogP contribution in [0.15, 0.2) is 22.3 Å². The molecule has 4 nitrogen and oxygen atoms in total. The molecular weight excluding hydrogens is 268 g/mol. The highest BCUT2D eigenvalue weighted by Gasteiger charge is 2.21. The molecule has 0 fully saturated rings. The zero-order valence-electron chi connectivity index (χ0n) is 10.2. The van der Waals surface area contributed by atoms with Crippen molar-refractivity contribution in [2.45, 2.75) is 19.8 Å². The van der Waals surface area contributed by atoms with E-state index >= 15 is 0 Å². The average molecular weight is 282 g/mol. The van der Waals surface area contributed by atoms with Gasteiger partial charge in [-0.3, -0.25) is 9.59 Å². The molecule has 0 saturated carbocycles. The molecule has 2 aliphatic rings. The van der Waals surface area contributed by atoms with E-state index in [2.05, 4.69) is 5.32 Å². The van der Waals surface area contributed by atoms with Crippen molar-refractivity contribution in [3.8, 4) is 10.6 Å². The van der Waals surface area contributed by atoms with Gasteiger partial charge in [0.1, 0.15) is 5.69 Å². The number of hydrogen-bond donors (Lipinski definition) is 1. The highest BCUT2D eigenvalue weighted by Crippen LogP contribution is 2.36. The fraction of sp³-hybridized carbons (Fsp3) is 0.333. The Morgan fingerprint density at radius 1 is 1.56 bits per heavy atom. The van der Waals surface area contributed by atoms with E-state index in [1.165, 1.54) is 16.4 Å². The fourth-order valence-electron chi connectivity index (χ4n) is 1.62. The standard InChI is InChI=1S/C12H14N2O2S2/c1-3-4-5-6-9(15)13-10-11-8(7-17-18-11)14(2)12(10)16/h5-7H,3-4H2,1-2H3,(H,13,15)/b6-5+. The second-order valence-electron chi connectivity index (χ2n) is 3.93. The highest BCUT2D eigenvalue weighted by atomic mass is 32.9. The number of carbonyl (C=O) groups is 1. The van der Waals surface area contributed by atoms with Crippen LogP contribution in [0.2, 0.25) is 0 Å². The lowest BCUT2D eigenvalue weighted by Gasteiger charge is -1.97. The number of hydrogen-bond acceptors (Lipinski definition) is 4. The van der Waals surface area contributed by atoms with Gasteiger partial charge in [0.05, 0.1) is 10.6 Å². The van der Waals surface area contributed by atoms with Crippen LogP contribution in [0.25, 0.3) is 10.6 Å². The molecule has 0 radical (unpaired) electrons. The Morgan fingerprint density at radius 3 is 3.06 bits per heavy atom. The van der Waals surface area contributed by atoms with Crippen LogP contribution in [0.5, 0.6) is 0 Å².